The largest absolute Gasteiger partial charge is 0.398 e. The van der Waals surface area contributed by atoms with E-state index in [0.717, 1.165) is 11.3 Å². The number of rotatable bonds is 1. The van der Waals surface area contributed by atoms with Crippen molar-refractivity contribution >= 4 is 5.69 Å². The molecule has 0 aliphatic rings. The van der Waals surface area contributed by atoms with Crippen LogP contribution in [0.5, 0.6) is 0 Å². The SMILES string of the molecule is Cn1ccc(-c2ccc(F)cc2N)n1. The molecular formula is C10H10FN3. The van der Waals surface area contributed by atoms with E-state index in [9.17, 15) is 4.39 Å². The molecule has 1 aromatic heterocycles. The summed E-state index contributed by atoms with van der Waals surface area (Å²) >= 11 is 0. The Hall–Kier alpha value is -1.84. The molecule has 72 valence electrons. The predicted octanol–water partition coefficient (Wildman–Crippen LogP) is 1.81. The molecule has 1 heterocycles. The number of aryl methyl sites for hydroxylation is 1. The number of hydrogen-bond donors (Lipinski definition) is 1. The van der Waals surface area contributed by atoms with Crippen molar-refractivity contribution in [3.8, 4) is 11.3 Å². The molecule has 4 heteroatoms. The standard InChI is InChI=1S/C10H10FN3/c1-14-5-4-10(13-14)8-3-2-7(11)6-9(8)12/h2-6H,12H2,1H3. The second-order valence-electron chi connectivity index (χ2n) is 3.11. The summed E-state index contributed by atoms with van der Waals surface area (Å²) < 4.78 is 14.4. The average Bonchev–Trinajstić information content (AvgIpc) is 2.51. The number of benzene rings is 1. The summed E-state index contributed by atoms with van der Waals surface area (Å²) in [4.78, 5) is 0. The smallest absolute Gasteiger partial charge is 0.125 e. The summed E-state index contributed by atoms with van der Waals surface area (Å²) in [6, 6.07) is 6.14. The van der Waals surface area contributed by atoms with Crippen LogP contribution in [0.25, 0.3) is 11.3 Å². The van der Waals surface area contributed by atoms with Crippen molar-refractivity contribution < 1.29 is 4.39 Å². The van der Waals surface area contributed by atoms with Gasteiger partial charge in [-0.05, 0) is 24.3 Å². The molecule has 0 saturated heterocycles. The van der Waals surface area contributed by atoms with Crippen molar-refractivity contribution in [2.45, 2.75) is 0 Å². The monoisotopic (exact) mass is 191 g/mol. The van der Waals surface area contributed by atoms with E-state index >= 15 is 0 Å². The highest BCUT2D eigenvalue weighted by Gasteiger charge is 2.05. The maximum atomic E-state index is 12.8. The predicted molar refractivity (Wildman–Crippen MR) is 53.0 cm³/mol. The molecule has 2 aromatic rings. The maximum Gasteiger partial charge on any atom is 0.125 e. The Morgan fingerprint density at radius 2 is 2.14 bits per heavy atom. The van der Waals surface area contributed by atoms with E-state index in [0.29, 0.717) is 5.69 Å². The van der Waals surface area contributed by atoms with Crippen LogP contribution >= 0.6 is 0 Å². The normalized spacial score (nSPS) is 10.4. The minimum absolute atomic E-state index is 0.331. The van der Waals surface area contributed by atoms with Gasteiger partial charge in [-0.3, -0.25) is 4.68 Å². The first-order valence-corrected chi connectivity index (χ1v) is 4.22. The van der Waals surface area contributed by atoms with E-state index in [1.807, 2.05) is 19.3 Å². The lowest BCUT2D eigenvalue weighted by molar-refractivity contribution is 0.628. The molecule has 0 aliphatic carbocycles. The number of halogens is 1. The van der Waals surface area contributed by atoms with Gasteiger partial charge in [-0.25, -0.2) is 4.39 Å². The summed E-state index contributed by atoms with van der Waals surface area (Å²) in [7, 11) is 1.82. The lowest BCUT2D eigenvalue weighted by Crippen LogP contribution is -1.93. The third kappa shape index (κ3) is 1.46. The van der Waals surface area contributed by atoms with Gasteiger partial charge in [0.1, 0.15) is 5.82 Å². The van der Waals surface area contributed by atoms with E-state index < -0.39 is 0 Å². The molecule has 0 fully saturated rings. The fraction of sp³-hybridized carbons (Fsp3) is 0.100. The summed E-state index contributed by atoms with van der Waals surface area (Å²) in [5.74, 6) is -0.331. The molecule has 0 aliphatic heterocycles. The van der Waals surface area contributed by atoms with Gasteiger partial charge in [0.2, 0.25) is 0 Å². The molecule has 0 radical (unpaired) electrons. The fourth-order valence-electron chi connectivity index (χ4n) is 1.33. The first kappa shape index (κ1) is 8.74. The Morgan fingerprint density at radius 3 is 2.71 bits per heavy atom. The van der Waals surface area contributed by atoms with Crippen LogP contribution in [0.3, 0.4) is 0 Å². The molecule has 0 unspecified atom stereocenters. The minimum atomic E-state index is -0.331. The van der Waals surface area contributed by atoms with E-state index in [2.05, 4.69) is 5.10 Å². The second kappa shape index (κ2) is 3.14. The molecule has 2 N–H and O–H groups in total. The number of nitrogens with zero attached hydrogens (tertiary/aromatic N) is 2. The van der Waals surface area contributed by atoms with Gasteiger partial charge < -0.3 is 5.73 Å². The minimum Gasteiger partial charge on any atom is -0.398 e. The van der Waals surface area contributed by atoms with Crippen LogP contribution in [0.1, 0.15) is 0 Å². The van der Waals surface area contributed by atoms with Gasteiger partial charge in [0.05, 0.1) is 5.69 Å². The molecule has 0 atom stereocenters. The van der Waals surface area contributed by atoms with Crippen LogP contribution in [-0.2, 0) is 7.05 Å². The van der Waals surface area contributed by atoms with Crippen molar-refractivity contribution in [1.82, 2.24) is 9.78 Å². The van der Waals surface area contributed by atoms with Gasteiger partial charge in [0.25, 0.3) is 0 Å². The number of anilines is 1. The van der Waals surface area contributed by atoms with Crippen molar-refractivity contribution in [3.63, 3.8) is 0 Å². The Kier molecular flexibility index (Phi) is 1.96. The topological polar surface area (TPSA) is 43.8 Å². The van der Waals surface area contributed by atoms with Gasteiger partial charge in [-0.15, -0.1) is 0 Å². The molecular weight excluding hydrogens is 181 g/mol. The van der Waals surface area contributed by atoms with Crippen LogP contribution in [0, 0.1) is 5.82 Å². The molecule has 0 amide bonds. The van der Waals surface area contributed by atoms with E-state index in [1.54, 1.807) is 10.7 Å². The lowest BCUT2D eigenvalue weighted by atomic mass is 10.1. The van der Waals surface area contributed by atoms with Crippen molar-refractivity contribution in [1.29, 1.82) is 0 Å². The Morgan fingerprint density at radius 1 is 1.36 bits per heavy atom. The number of aromatic nitrogens is 2. The first-order chi connectivity index (χ1) is 6.66. The zero-order valence-corrected chi connectivity index (χ0v) is 7.74. The highest BCUT2D eigenvalue weighted by atomic mass is 19.1. The van der Waals surface area contributed by atoms with E-state index in [-0.39, 0.29) is 5.82 Å². The van der Waals surface area contributed by atoms with Crippen molar-refractivity contribution in [3.05, 3.63) is 36.3 Å². The summed E-state index contributed by atoms with van der Waals surface area (Å²) in [6.45, 7) is 0. The second-order valence-corrected chi connectivity index (χ2v) is 3.11. The highest BCUT2D eigenvalue weighted by molar-refractivity contribution is 5.73. The van der Waals surface area contributed by atoms with Gasteiger partial charge in [-0.2, -0.15) is 5.10 Å². The highest BCUT2D eigenvalue weighted by Crippen LogP contribution is 2.24. The summed E-state index contributed by atoms with van der Waals surface area (Å²) in [6.07, 6.45) is 1.82. The van der Waals surface area contributed by atoms with Crippen LogP contribution in [0.4, 0.5) is 10.1 Å². The quantitative estimate of drug-likeness (QED) is 0.698. The summed E-state index contributed by atoms with van der Waals surface area (Å²) in [5.41, 5.74) is 7.59. The zero-order valence-electron chi connectivity index (χ0n) is 7.74. The van der Waals surface area contributed by atoms with Crippen LogP contribution in [0.15, 0.2) is 30.5 Å². The molecule has 0 bridgehead atoms. The Labute approximate surface area is 81.0 Å². The first-order valence-electron chi connectivity index (χ1n) is 4.22. The third-order valence-electron chi connectivity index (χ3n) is 2.00. The van der Waals surface area contributed by atoms with Gasteiger partial charge in [0, 0.05) is 24.5 Å². The van der Waals surface area contributed by atoms with Gasteiger partial charge in [-0.1, -0.05) is 0 Å². The molecule has 3 nitrogen and oxygen atoms in total. The number of nitrogen functional groups attached to an aromatic ring is 1. The van der Waals surface area contributed by atoms with Crippen molar-refractivity contribution in [2.24, 2.45) is 7.05 Å². The lowest BCUT2D eigenvalue weighted by Gasteiger charge is -2.01. The fourth-order valence-corrected chi connectivity index (χ4v) is 1.33. The average molecular weight is 191 g/mol. The molecule has 14 heavy (non-hydrogen) atoms. The Balaban J connectivity index is 2.52. The molecule has 1 aromatic carbocycles. The zero-order chi connectivity index (χ0) is 10.1. The third-order valence-corrected chi connectivity index (χ3v) is 2.00. The van der Waals surface area contributed by atoms with Gasteiger partial charge in [0.15, 0.2) is 0 Å². The van der Waals surface area contributed by atoms with Crippen LogP contribution in [-0.4, -0.2) is 9.78 Å². The number of nitrogens with two attached hydrogens (primary N) is 1. The molecule has 2 rings (SSSR count). The molecule has 0 saturated carbocycles. The van der Waals surface area contributed by atoms with Gasteiger partial charge >= 0.3 is 0 Å². The summed E-state index contributed by atoms with van der Waals surface area (Å²) in [5, 5.41) is 4.19. The maximum absolute atomic E-state index is 12.8. The van der Waals surface area contributed by atoms with Crippen LogP contribution < -0.4 is 5.73 Å². The van der Waals surface area contributed by atoms with E-state index in [1.165, 1.54) is 12.1 Å². The van der Waals surface area contributed by atoms with Crippen LogP contribution in [0.2, 0.25) is 0 Å². The number of hydrogen-bond acceptors (Lipinski definition) is 2. The molecule has 0 spiro atoms. The van der Waals surface area contributed by atoms with E-state index in [4.69, 9.17) is 5.73 Å². The van der Waals surface area contributed by atoms with Crippen molar-refractivity contribution in [2.75, 3.05) is 5.73 Å². The Bertz CT molecular complexity index is 462.